The molecule has 0 aromatic carbocycles. The van der Waals surface area contributed by atoms with E-state index in [0.29, 0.717) is 6.04 Å². The molecule has 1 fully saturated rings. The maximum absolute atomic E-state index is 5.79. The van der Waals surface area contributed by atoms with Crippen LogP contribution in [-0.2, 0) is 4.74 Å². The molecule has 2 unspecified atom stereocenters. The summed E-state index contributed by atoms with van der Waals surface area (Å²) in [6.45, 7) is 4.01. The number of halogens is 1. The van der Waals surface area contributed by atoms with Gasteiger partial charge in [0, 0.05) is 25.0 Å². The lowest BCUT2D eigenvalue weighted by atomic mass is 10.0. The molecule has 1 aromatic heterocycles. The molecule has 0 aliphatic carbocycles. The maximum Gasteiger partial charge on any atom is 0.0982 e. The molecule has 0 bridgehead atoms. The summed E-state index contributed by atoms with van der Waals surface area (Å²) in [5, 5.41) is 3.56. The fourth-order valence-electron chi connectivity index (χ4n) is 2.37. The van der Waals surface area contributed by atoms with Gasteiger partial charge in [-0.25, -0.2) is 0 Å². The molecule has 108 valence electrons. The van der Waals surface area contributed by atoms with Crippen LogP contribution < -0.4 is 5.32 Å². The fraction of sp³-hybridized carbons (Fsp3) is 0.714. The zero-order valence-electron chi connectivity index (χ0n) is 11.5. The molecule has 1 aromatic rings. The minimum atomic E-state index is 0. The monoisotopic (exact) mass is 285 g/mol. The van der Waals surface area contributed by atoms with Crippen molar-refractivity contribution in [2.24, 2.45) is 0 Å². The second kappa shape index (κ2) is 9.23. The van der Waals surface area contributed by atoms with Crippen LogP contribution >= 0.6 is 12.4 Å². The summed E-state index contributed by atoms with van der Waals surface area (Å²) < 4.78 is 5.79. The molecule has 0 spiro atoms. The first kappa shape index (κ1) is 16.3. The number of nitrogens with zero attached hydrogens (tertiary/aromatic N) is 2. The van der Waals surface area contributed by atoms with Crippen molar-refractivity contribution in [3.63, 3.8) is 0 Å². The van der Waals surface area contributed by atoms with Gasteiger partial charge in [0.05, 0.1) is 18.0 Å². The van der Waals surface area contributed by atoms with Crippen LogP contribution in [0.15, 0.2) is 18.6 Å². The third-order valence-electron chi connectivity index (χ3n) is 3.48. The minimum Gasteiger partial charge on any atom is -0.372 e. The second-order valence-corrected chi connectivity index (χ2v) is 4.93. The molecule has 1 N–H and O–H groups in total. The van der Waals surface area contributed by atoms with Crippen molar-refractivity contribution in [3.8, 4) is 0 Å². The van der Waals surface area contributed by atoms with E-state index in [1.165, 1.54) is 32.2 Å². The van der Waals surface area contributed by atoms with Crippen LogP contribution in [0.5, 0.6) is 0 Å². The maximum atomic E-state index is 5.79. The Morgan fingerprint density at radius 1 is 1.42 bits per heavy atom. The largest absolute Gasteiger partial charge is 0.372 e. The highest BCUT2D eigenvalue weighted by molar-refractivity contribution is 5.85. The predicted molar refractivity (Wildman–Crippen MR) is 78.5 cm³/mol. The van der Waals surface area contributed by atoms with E-state index in [-0.39, 0.29) is 18.5 Å². The zero-order chi connectivity index (χ0) is 12.6. The summed E-state index contributed by atoms with van der Waals surface area (Å²) in [6, 6.07) is 0.703. The van der Waals surface area contributed by atoms with Gasteiger partial charge >= 0.3 is 0 Å². The highest BCUT2D eigenvalue weighted by atomic mass is 35.5. The quantitative estimate of drug-likeness (QED) is 0.817. The van der Waals surface area contributed by atoms with Crippen molar-refractivity contribution >= 4 is 12.4 Å². The molecule has 1 aliphatic heterocycles. The molecule has 2 rings (SSSR count). The number of rotatable bonds is 6. The Kier molecular flexibility index (Phi) is 7.94. The number of aromatic nitrogens is 2. The lowest BCUT2D eigenvalue weighted by molar-refractivity contribution is 0.0582. The molecule has 5 heteroatoms. The van der Waals surface area contributed by atoms with E-state index >= 15 is 0 Å². The third-order valence-corrected chi connectivity index (χ3v) is 3.48. The van der Waals surface area contributed by atoms with Gasteiger partial charge in [-0.2, -0.15) is 0 Å². The number of hydrogen-bond donors (Lipinski definition) is 1. The van der Waals surface area contributed by atoms with Crippen LogP contribution in [0, 0.1) is 0 Å². The summed E-state index contributed by atoms with van der Waals surface area (Å²) in [5.74, 6) is 0. The number of ether oxygens (including phenoxy) is 1. The molecule has 0 radical (unpaired) electrons. The van der Waals surface area contributed by atoms with Crippen LogP contribution in [0.3, 0.4) is 0 Å². The lowest BCUT2D eigenvalue weighted by Crippen LogP contribution is -2.34. The molecule has 1 aliphatic rings. The van der Waals surface area contributed by atoms with Crippen molar-refractivity contribution in [1.29, 1.82) is 0 Å². The van der Waals surface area contributed by atoms with E-state index in [4.69, 9.17) is 4.74 Å². The summed E-state index contributed by atoms with van der Waals surface area (Å²) >= 11 is 0. The molecular weight excluding hydrogens is 262 g/mol. The Labute approximate surface area is 121 Å². The lowest BCUT2D eigenvalue weighted by Gasteiger charge is -2.23. The fourth-order valence-corrected chi connectivity index (χ4v) is 2.37. The van der Waals surface area contributed by atoms with Gasteiger partial charge in [-0.15, -0.1) is 12.4 Å². The number of piperidine rings is 1. The van der Waals surface area contributed by atoms with Crippen molar-refractivity contribution in [3.05, 3.63) is 24.3 Å². The van der Waals surface area contributed by atoms with Crippen LogP contribution in [0.1, 0.15) is 50.8 Å². The molecular formula is C14H24ClN3O. The summed E-state index contributed by atoms with van der Waals surface area (Å²) in [6.07, 6.45) is 11.6. The van der Waals surface area contributed by atoms with Gasteiger partial charge in [-0.3, -0.25) is 9.97 Å². The van der Waals surface area contributed by atoms with Crippen molar-refractivity contribution < 1.29 is 4.74 Å². The summed E-state index contributed by atoms with van der Waals surface area (Å²) in [5.41, 5.74) is 0.910. The highest BCUT2D eigenvalue weighted by Crippen LogP contribution is 2.15. The third kappa shape index (κ3) is 5.85. The van der Waals surface area contributed by atoms with Gasteiger partial charge in [-0.1, -0.05) is 6.42 Å². The first-order valence-corrected chi connectivity index (χ1v) is 6.97. The topological polar surface area (TPSA) is 47.0 Å². The van der Waals surface area contributed by atoms with Crippen LogP contribution in [0.4, 0.5) is 0 Å². The normalized spacial score (nSPS) is 20.6. The van der Waals surface area contributed by atoms with E-state index in [1.54, 1.807) is 18.6 Å². The van der Waals surface area contributed by atoms with Crippen molar-refractivity contribution in [2.75, 3.05) is 13.2 Å². The van der Waals surface area contributed by atoms with Gasteiger partial charge in [0.2, 0.25) is 0 Å². The SMILES string of the molecule is CC(OCCCC1CCCCN1)c1cnccn1.Cl. The van der Waals surface area contributed by atoms with E-state index in [9.17, 15) is 0 Å². The van der Waals surface area contributed by atoms with Crippen LogP contribution in [-0.4, -0.2) is 29.2 Å². The first-order valence-electron chi connectivity index (χ1n) is 6.97. The van der Waals surface area contributed by atoms with E-state index in [2.05, 4.69) is 15.3 Å². The molecule has 2 heterocycles. The highest BCUT2D eigenvalue weighted by Gasteiger charge is 2.12. The number of nitrogens with one attached hydrogen (secondary N) is 1. The second-order valence-electron chi connectivity index (χ2n) is 4.93. The van der Waals surface area contributed by atoms with Gasteiger partial charge in [-0.05, 0) is 39.2 Å². The first-order chi connectivity index (χ1) is 8.86. The summed E-state index contributed by atoms with van der Waals surface area (Å²) in [7, 11) is 0. The Morgan fingerprint density at radius 2 is 2.32 bits per heavy atom. The van der Waals surface area contributed by atoms with E-state index < -0.39 is 0 Å². The summed E-state index contributed by atoms with van der Waals surface area (Å²) in [4.78, 5) is 8.30. The molecule has 4 nitrogen and oxygen atoms in total. The Hall–Kier alpha value is -0.710. The molecule has 0 amide bonds. The van der Waals surface area contributed by atoms with Gasteiger partial charge in [0.15, 0.2) is 0 Å². The van der Waals surface area contributed by atoms with Crippen molar-refractivity contribution in [2.45, 2.75) is 51.2 Å². The van der Waals surface area contributed by atoms with Gasteiger partial charge < -0.3 is 10.1 Å². The molecule has 2 atom stereocenters. The number of hydrogen-bond acceptors (Lipinski definition) is 4. The van der Waals surface area contributed by atoms with Crippen LogP contribution in [0.25, 0.3) is 0 Å². The Morgan fingerprint density at radius 3 is 3.00 bits per heavy atom. The average molecular weight is 286 g/mol. The molecule has 0 saturated carbocycles. The Bertz CT molecular complexity index is 331. The smallest absolute Gasteiger partial charge is 0.0982 e. The predicted octanol–water partition coefficient (Wildman–Crippen LogP) is 2.90. The molecule has 19 heavy (non-hydrogen) atoms. The van der Waals surface area contributed by atoms with E-state index in [0.717, 1.165) is 18.7 Å². The van der Waals surface area contributed by atoms with Crippen LogP contribution in [0.2, 0.25) is 0 Å². The minimum absolute atomic E-state index is 0. The van der Waals surface area contributed by atoms with Crippen molar-refractivity contribution in [1.82, 2.24) is 15.3 Å². The zero-order valence-corrected chi connectivity index (χ0v) is 12.4. The average Bonchev–Trinajstić information content (AvgIpc) is 2.45. The van der Waals surface area contributed by atoms with Gasteiger partial charge in [0.1, 0.15) is 0 Å². The standard InChI is InChI=1S/C14H23N3O.ClH/c1-12(14-11-15-8-9-17-14)18-10-4-6-13-5-2-3-7-16-13;/h8-9,11-13,16H,2-7,10H2,1H3;1H. The van der Waals surface area contributed by atoms with E-state index in [1.807, 2.05) is 6.92 Å². The Balaban J connectivity index is 0.00000180. The van der Waals surface area contributed by atoms with Gasteiger partial charge in [0.25, 0.3) is 0 Å². The molecule has 1 saturated heterocycles.